The summed E-state index contributed by atoms with van der Waals surface area (Å²) in [6, 6.07) is 4.01. The van der Waals surface area contributed by atoms with Gasteiger partial charge in [-0.25, -0.2) is 4.79 Å². The van der Waals surface area contributed by atoms with Crippen molar-refractivity contribution in [1.82, 2.24) is 25.3 Å². The Morgan fingerprint density at radius 2 is 1.76 bits per heavy atom. The van der Waals surface area contributed by atoms with Crippen LogP contribution in [-0.4, -0.2) is 106 Å². The molecular weight excluding hydrogens is 534 g/mol. The lowest BCUT2D eigenvalue weighted by atomic mass is 9.80. The molecule has 3 N–H and O–H groups in total. The Labute approximate surface area is 238 Å². The van der Waals surface area contributed by atoms with E-state index in [-0.39, 0.29) is 26.2 Å². The van der Waals surface area contributed by atoms with Gasteiger partial charge in [0.25, 0.3) is 0 Å². The summed E-state index contributed by atoms with van der Waals surface area (Å²) in [6.07, 6.45) is 0. The molecule has 0 spiro atoms. The van der Waals surface area contributed by atoms with E-state index in [1.807, 2.05) is 0 Å². The second kappa shape index (κ2) is 11.1. The molecule has 222 valence electrons. The number of ether oxygens (including phenoxy) is 1. The van der Waals surface area contributed by atoms with E-state index in [1.54, 1.807) is 65.0 Å². The van der Waals surface area contributed by atoms with Crippen LogP contribution in [-0.2, 0) is 28.7 Å². The Hall–Kier alpha value is -4.00. The van der Waals surface area contributed by atoms with Gasteiger partial charge in [0.1, 0.15) is 24.3 Å². The first-order chi connectivity index (χ1) is 19.2. The molecule has 1 aromatic carbocycles. The van der Waals surface area contributed by atoms with Crippen molar-refractivity contribution in [3.8, 4) is 0 Å². The zero-order valence-corrected chi connectivity index (χ0v) is 23.9. The van der Waals surface area contributed by atoms with E-state index in [1.165, 1.54) is 9.80 Å². The first kappa shape index (κ1) is 30.0. The Morgan fingerprint density at radius 3 is 2.37 bits per heavy atom. The number of hydrogen-bond acceptors (Lipinski definition) is 8. The average Bonchev–Trinajstić information content (AvgIpc) is 3.17. The topological polar surface area (TPSA) is 166 Å². The van der Waals surface area contributed by atoms with Crippen molar-refractivity contribution < 1.29 is 38.6 Å². The molecule has 0 bridgehead atoms. The zero-order valence-electron chi connectivity index (χ0n) is 23.9. The van der Waals surface area contributed by atoms with Crippen molar-refractivity contribution in [2.75, 3.05) is 32.8 Å². The van der Waals surface area contributed by atoms with E-state index < -0.39 is 70.7 Å². The highest BCUT2D eigenvalue weighted by molar-refractivity contribution is 6.38. The van der Waals surface area contributed by atoms with Crippen LogP contribution in [0.1, 0.15) is 46.2 Å². The van der Waals surface area contributed by atoms with Gasteiger partial charge in [-0.05, 0) is 33.3 Å². The summed E-state index contributed by atoms with van der Waals surface area (Å²) >= 11 is 0. The number of esters is 1. The number of fused-ring (bicyclic) bond motifs is 1. The molecule has 5 atom stereocenters. The molecule has 4 rings (SSSR count). The van der Waals surface area contributed by atoms with E-state index in [0.717, 1.165) is 4.90 Å². The number of benzene rings is 1. The summed E-state index contributed by atoms with van der Waals surface area (Å²) < 4.78 is 5.41. The number of likely N-dealkylation sites (N-methyl/N-ethyl adjacent to an activating group) is 1. The lowest BCUT2D eigenvalue weighted by Gasteiger charge is -2.48. The smallest absolute Gasteiger partial charge is 0.325 e. The highest BCUT2D eigenvalue weighted by Crippen LogP contribution is 2.42. The fourth-order valence-corrected chi connectivity index (χ4v) is 5.37. The number of piperazine rings is 1. The van der Waals surface area contributed by atoms with Crippen LogP contribution in [0, 0.1) is 11.3 Å². The molecule has 3 aliphatic rings. The molecule has 3 fully saturated rings. The molecule has 6 amide bonds. The Balaban J connectivity index is 1.52. The van der Waals surface area contributed by atoms with Crippen molar-refractivity contribution in [2.45, 2.75) is 58.3 Å². The number of nitrogens with zero attached hydrogens (tertiary/aromatic N) is 3. The minimum Gasteiger partial charge on any atom is -0.462 e. The average molecular weight is 572 g/mol. The predicted molar refractivity (Wildman–Crippen MR) is 144 cm³/mol. The van der Waals surface area contributed by atoms with E-state index >= 15 is 0 Å². The van der Waals surface area contributed by atoms with Crippen molar-refractivity contribution in [2.24, 2.45) is 11.3 Å². The molecule has 3 aliphatic heterocycles. The van der Waals surface area contributed by atoms with Crippen LogP contribution in [0.3, 0.4) is 0 Å². The van der Waals surface area contributed by atoms with Gasteiger partial charge in [-0.15, -0.1) is 0 Å². The van der Waals surface area contributed by atoms with Crippen LogP contribution in [0.2, 0.25) is 0 Å². The fraction of sp³-hybridized carbons (Fsp3) is 0.571. The van der Waals surface area contributed by atoms with Gasteiger partial charge in [-0.2, -0.15) is 0 Å². The van der Waals surface area contributed by atoms with Gasteiger partial charge in [0, 0.05) is 32.1 Å². The fourth-order valence-electron chi connectivity index (χ4n) is 5.37. The predicted octanol–water partition coefficient (Wildman–Crippen LogP) is -0.206. The molecule has 41 heavy (non-hydrogen) atoms. The van der Waals surface area contributed by atoms with Gasteiger partial charge >= 0.3 is 23.8 Å². The van der Waals surface area contributed by atoms with Gasteiger partial charge in [0.15, 0.2) is 0 Å². The highest BCUT2D eigenvalue weighted by Gasteiger charge is 2.65. The van der Waals surface area contributed by atoms with Crippen LogP contribution in [0.5, 0.6) is 0 Å². The Morgan fingerprint density at radius 1 is 1.10 bits per heavy atom. The van der Waals surface area contributed by atoms with E-state index in [4.69, 9.17) is 4.74 Å². The summed E-state index contributed by atoms with van der Waals surface area (Å²) in [5.41, 5.74) is -2.02. The third kappa shape index (κ3) is 5.50. The molecule has 0 saturated carbocycles. The number of carbonyl (C=O) groups is 6. The third-order valence-electron chi connectivity index (χ3n) is 7.98. The monoisotopic (exact) mass is 571 g/mol. The number of β-lactam (4-membered cyclic amide) rings is 1. The summed E-state index contributed by atoms with van der Waals surface area (Å²) in [7, 11) is 0. The van der Waals surface area contributed by atoms with Gasteiger partial charge < -0.3 is 30.3 Å². The molecule has 4 unspecified atom stereocenters. The lowest BCUT2D eigenvalue weighted by molar-refractivity contribution is -0.174. The molecule has 1 aromatic rings. The number of imide groups is 1. The molecular formula is C28H37N5O8. The second-order valence-electron chi connectivity index (χ2n) is 11.8. The van der Waals surface area contributed by atoms with Crippen molar-refractivity contribution in [3.05, 3.63) is 35.9 Å². The molecule has 13 nitrogen and oxygen atoms in total. The molecule has 0 aliphatic carbocycles. The van der Waals surface area contributed by atoms with Crippen molar-refractivity contribution in [3.63, 3.8) is 0 Å². The number of amides is 6. The molecule has 13 heteroatoms. The number of hydrogen-bond donors (Lipinski definition) is 3. The van der Waals surface area contributed by atoms with Crippen molar-refractivity contribution in [1.29, 1.82) is 0 Å². The quantitative estimate of drug-likeness (QED) is 0.230. The number of rotatable bonds is 7. The minimum atomic E-state index is -1.61. The highest BCUT2D eigenvalue weighted by atomic mass is 16.5. The van der Waals surface area contributed by atoms with E-state index in [0.29, 0.717) is 12.1 Å². The largest absolute Gasteiger partial charge is 0.462 e. The molecule has 3 saturated heterocycles. The van der Waals surface area contributed by atoms with Gasteiger partial charge in [-0.3, -0.25) is 28.9 Å². The molecule has 3 heterocycles. The summed E-state index contributed by atoms with van der Waals surface area (Å²) in [6.45, 7) is 8.83. The van der Waals surface area contributed by atoms with Gasteiger partial charge in [-0.1, -0.05) is 37.3 Å². The molecule has 0 radical (unpaired) electrons. The summed E-state index contributed by atoms with van der Waals surface area (Å²) in [5.74, 6) is -3.92. The normalized spacial score (nSPS) is 26.7. The Kier molecular flexibility index (Phi) is 8.12. The van der Waals surface area contributed by atoms with Crippen LogP contribution < -0.4 is 10.6 Å². The Bertz CT molecular complexity index is 1250. The first-order valence-electron chi connectivity index (χ1n) is 13.7. The van der Waals surface area contributed by atoms with Crippen LogP contribution in [0.4, 0.5) is 4.79 Å². The maximum absolute atomic E-state index is 13.6. The minimum absolute atomic E-state index is 0.0380. The van der Waals surface area contributed by atoms with Crippen molar-refractivity contribution >= 4 is 35.6 Å². The van der Waals surface area contributed by atoms with Crippen LogP contribution in [0.15, 0.2) is 30.3 Å². The van der Waals surface area contributed by atoms with E-state index in [2.05, 4.69) is 10.6 Å². The van der Waals surface area contributed by atoms with Gasteiger partial charge in [0.05, 0.1) is 11.5 Å². The summed E-state index contributed by atoms with van der Waals surface area (Å²) in [4.78, 5) is 80.5. The zero-order chi connectivity index (χ0) is 30.3. The lowest BCUT2D eigenvalue weighted by Crippen LogP contribution is -2.75. The van der Waals surface area contributed by atoms with Gasteiger partial charge in [0.2, 0.25) is 11.8 Å². The second-order valence-corrected chi connectivity index (χ2v) is 11.8. The SMILES string of the molecule is CCN1CCN(C(=O)NC(C(=O)NC2C(=O)N3CC(C)C(O)(COC(=O)C(C)(C)C)[C@H]23)c2ccccc2)C(=O)C1=O. The third-order valence-corrected chi connectivity index (χ3v) is 7.98. The van der Waals surface area contributed by atoms with Crippen LogP contribution in [0.25, 0.3) is 0 Å². The number of nitrogens with one attached hydrogen (secondary N) is 2. The first-order valence-corrected chi connectivity index (χ1v) is 13.7. The summed E-state index contributed by atoms with van der Waals surface area (Å²) in [5, 5.41) is 16.7. The van der Waals surface area contributed by atoms with Crippen LogP contribution >= 0.6 is 0 Å². The number of aliphatic hydroxyl groups is 1. The molecule has 0 aromatic heterocycles. The number of urea groups is 1. The standard InChI is InChI=1S/C28H37N5O8/c1-6-31-12-13-32(24(37)23(31)36)26(39)30-18(17-10-8-7-9-11-17)21(34)29-19-20-28(40,15-41-25(38)27(3,4)5)16(2)14-33(20)22(19)35/h7-11,16,18-20,40H,6,12-15H2,1-5H3,(H,29,34)(H,30,39)/t16?,18?,19?,20-,28?/m0/s1. The van der Waals surface area contributed by atoms with E-state index in [9.17, 15) is 33.9 Å². The maximum atomic E-state index is 13.6. The number of carbonyl (C=O) groups excluding carboxylic acids is 6. The maximum Gasteiger partial charge on any atom is 0.325 e.